The van der Waals surface area contributed by atoms with Crippen molar-refractivity contribution < 1.29 is 0 Å². The normalized spacial score (nSPS) is 12.9. The van der Waals surface area contributed by atoms with Gasteiger partial charge in [0, 0.05) is 24.8 Å². The van der Waals surface area contributed by atoms with Crippen molar-refractivity contribution in [2.75, 3.05) is 19.6 Å². The molecule has 0 fully saturated rings. The summed E-state index contributed by atoms with van der Waals surface area (Å²) < 4.78 is 2.16. The Morgan fingerprint density at radius 3 is 2.33 bits per heavy atom. The van der Waals surface area contributed by atoms with Gasteiger partial charge in [0.2, 0.25) is 0 Å². The zero-order chi connectivity index (χ0) is 15.4. The number of nitrogens with two attached hydrogens (primary N) is 1. The Kier molecular flexibility index (Phi) is 5.15. The van der Waals surface area contributed by atoms with Crippen molar-refractivity contribution in [3.8, 4) is 11.4 Å². The SMILES string of the molecule is CCN(CC)C(CN)c1nc(-c2ccccc2)n(C)c1C. The number of imidazole rings is 1. The van der Waals surface area contributed by atoms with Crippen LogP contribution in [0.3, 0.4) is 0 Å². The van der Waals surface area contributed by atoms with Gasteiger partial charge in [0.05, 0.1) is 11.7 Å². The molecule has 21 heavy (non-hydrogen) atoms. The molecule has 4 nitrogen and oxygen atoms in total. The second-order valence-corrected chi connectivity index (χ2v) is 5.30. The van der Waals surface area contributed by atoms with Gasteiger partial charge in [-0.15, -0.1) is 0 Å². The van der Waals surface area contributed by atoms with E-state index in [1.54, 1.807) is 0 Å². The fourth-order valence-electron chi connectivity index (χ4n) is 2.86. The fourth-order valence-corrected chi connectivity index (χ4v) is 2.86. The first-order valence-corrected chi connectivity index (χ1v) is 7.66. The fraction of sp³-hybridized carbons (Fsp3) is 0.471. The smallest absolute Gasteiger partial charge is 0.140 e. The molecule has 0 aliphatic heterocycles. The van der Waals surface area contributed by atoms with Crippen molar-refractivity contribution in [2.24, 2.45) is 12.8 Å². The molecule has 1 aromatic heterocycles. The van der Waals surface area contributed by atoms with E-state index in [4.69, 9.17) is 10.7 Å². The largest absolute Gasteiger partial charge is 0.331 e. The first-order chi connectivity index (χ1) is 10.1. The molecule has 0 radical (unpaired) electrons. The van der Waals surface area contributed by atoms with Gasteiger partial charge in [0.25, 0.3) is 0 Å². The minimum absolute atomic E-state index is 0.184. The minimum atomic E-state index is 0.184. The average Bonchev–Trinajstić information content (AvgIpc) is 2.82. The average molecular weight is 286 g/mol. The van der Waals surface area contributed by atoms with Crippen molar-refractivity contribution in [2.45, 2.75) is 26.8 Å². The van der Waals surface area contributed by atoms with E-state index in [0.717, 1.165) is 30.2 Å². The molecule has 0 saturated carbocycles. The predicted octanol–water partition coefficient (Wildman–Crippen LogP) is 2.74. The molecule has 0 amide bonds. The minimum Gasteiger partial charge on any atom is -0.331 e. The Labute approximate surface area is 127 Å². The van der Waals surface area contributed by atoms with E-state index in [1.165, 1.54) is 5.69 Å². The summed E-state index contributed by atoms with van der Waals surface area (Å²) in [6, 6.07) is 10.5. The van der Waals surface area contributed by atoms with Gasteiger partial charge in [0.1, 0.15) is 5.82 Å². The number of hydrogen-bond donors (Lipinski definition) is 1. The van der Waals surface area contributed by atoms with Crippen LogP contribution in [0.25, 0.3) is 11.4 Å². The number of hydrogen-bond acceptors (Lipinski definition) is 3. The summed E-state index contributed by atoms with van der Waals surface area (Å²) in [5.41, 5.74) is 9.47. The third kappa shape index (κ3) is 3.01. The van der Waals surface area contributed by atoms with E-state index < -0.39 is 0 Å². The lowest BCUT2D eigenvalue weighted by Crippen LogP contribution is -2.34. The summed E-state index contributed by atoms with van der Waals surface area (Å²) in [6.07, 6.45) is 0. The first-order valence-electron chi connectivity index (χ1n) is 7.66. The van der Waals surface area contributed by atoms with Gasteiger partial charge in [0.15, 0.2) is 0 Å². The Bertz CT molecular complexity index is 570. The van der Waals surface area contributed by atoms with Gasteiger partial charge >= 0.3 is 0 Å². The number of likely N-dealkylation sites (N-methyl/N-ethyl adjacent to an activating group) is 1. The van der Waals surface area contributed by atoms with Crippen LogP contribution in [-0.2, 0) is 7.05 Å². The van der Waals surface area contributed by atoms with Crippen LogP contribution in [0.5, 0.6) is 0 Å². The van der Waals surface area contributed by atoms with Gasteiger partial charge in [-0.25, -0.2) is 4.98 Å². The molecule has 114 valence electrons. The van der Waals surface area contributed by atoms with E-state index in [9.17, 15) is 0 Å². The molecular formula is C17H26N4. The maximum atomic E-state index is 6.03. The molecule has 4 heteroatoms. The third-order valence-corrected chi connectivity index (χ3v) is 4.24. The number of aromatic nitrogens is 2. The Morgan fingerprint density at radius 2 is 1.81 bits per heavy atom. The standard InChI is InChI=1S/C17H26N4/c1-5-21(6-2)15(12-18)16-13(3)20(4)17(19-16)14-10-8-7-9-11-14/h7-11,15H,5-6,12,18H2,1-4H3. The van der Waals surface area contributed by atoms with E-state index in [-0.39, 0.29) is 6.04 Å². The molecule has 2 N–H and O–H groups in total. The van der Waals surface area contributed by atoms with Crippen molar-refractivity contribution in [1.82, 2.24) is 14.5 Å². The van der Waals surface area contributed by atoms with Crippen LogP contribution in [0, 0.1) is 6.92 Å². The highest BCUT2D eigenvalue weighted by molar-refractivity contribution is 5.56. The molecule has 2 rings (SSSR count). The molecule has 1 unspecified atom stereocenters. The number of rotatable bonds is 6. The van der Waals surface area contributed by atoms with Crippen LogP contribution in [-0.4, -0.2) is 34.1 Å². The van der Waals surface area contributed by atoms with E-state index in [2.05, 4.69) is 49.4 Å². The van der Waals surface area contributed by atoms with E-state index >= 15 is 0 Å². The van der Waals surface area contributed by atoms with E-state index in [0.29, 0.717) is 6.54 Å². The molecule has 0 saturated heterocycles. The van der Waals surface area contributed by atoms with Crippen molar-refractivity contribution in [3.63, 3.8) is 0 Å². The van der Waals surface area contributed by atoms with Crippen LogP contribution in [0.4, 0.5) is 0 Å². The summed E-state index contributed by atoms with van der Waals surface area (Å²) in [6.45, 7) is 9.02. The molecular weight excluding hydrogens is 260 g/mol. The lowest BCUT2D eigenvalue weighted by molar-refractivity contribution is 0.219. The quantitative estimate of drug-likeness (QED) is 0.888. The molecule has 0 bridgehead atoms. The Morgan fingerprint density at radius 1 is 1.19 bits per heavy atom. The Balaban J connectivity index is 2.46. The molecule has 0 aliphatic rings. The highest BCUT2D eigenvalue weighted by Gasteiger charge is 2.23. The van der Waals surface area contributed by atoms with Crippen LogP contribution in [0.2, 0.25) is 0 Å². The Hall–Kier alpha value is -1.65. The van der Waals surface area contributed by atoms with Crippen LogP contribution in [0.15, 0.2) is 30.3 Å². The second kappa shape index (κ2) is 6.87. The molecule has 1 heterocycles. The second-order valence-electron chi connectivity index (χ2n) is 5.30. The summed E-state index contributed by atoms with van der Waals surface area (Å²) >= 11 is 0. The van der Waals surface area contributed by atoms with Gasteiger partial charge in [-0.1, -0.05) is 44.2 Å². The summed E-state index contributed by atoms with van der Waals surface area (Å²) in [5, 5.41) is 0. The number of nitrogens with zero attached hydrogens (tertiary/aromatic N) is 3. The number of benzene rings is 1. The first kappa shape index (κ1) is 15.7. The monoisotopic (exact) mass is 286 g/mol. The molecule has 0 spiro atoms. The van der Waals surface area contributed by atoms with Crippen LogP contribution < -0.4 is 5.73 Å². The topological polar surface area (TPSA) is 47.1 Å². The maximum absolute atomic E-state index is 6.03. The molecule has 2 aromatic rings. The summed E-state index contributed by atoms with van der Waals surface area (Å²) in [5.74, 6) is 1.01. The van der Waals surface area contributed by atoms with Crippen LogP contribution >= 0.6 is 0 Å². The molecule has 0 aliphatic carbocycles. The maximum Gasteiger partial charge on any atom is 0.140 e. The zero-order valence-electron chi connectivity index (χ0n) is 13.5. The van der Waals surface area contributed by atoms with Crippen molar-refractivity contribution >= 4 is 0 Å². The third-order valence-electron chi connectivity index (χ3n) is 4.24. The molecule has 1 aromatic carbocycles. The van der Waals surface area contributed by atoms with Crippen molar-refractivity contribution in [1.29, 1.82) is 0 Å². The molecule has 1 atom stereocenters. The van der Waals surface area contributed by atoms with Gasteiger partial charge in [-0.2, -0.15) is 0 Å². The lowest BCUT2D eigenvalue weighted by atomic mass is 10.1. The highest BCUT2D eigenvalue weighted by atomic mass is 15.2. The summed E-state index contributed by atoms with van der Waals surface area (Å²) in [7, 11) is 2.07. The highest BCUT2D eigenvalue weighted by Crippen LogP contribution is 2.27. The van der Waals surface area contributed by atoms with Crippen molar-refractivity contribution in [3.05, 3.63) is 41.7 Å². The van der Waals surface area contributed by atoms with Gasteiger partial charge in [-0.3, -0.25) is 4.90 Å². The predicted molar refractivity (Wildman–Crippen MR) is 88.1 cm³/mol. The van der Waals surface area contributed by atoms with E-state index in [1.807, 2.05) is 18.2 Å². The van der Waals surface area contributed by atoms with Gasteiger partial charge < -0.3 is 10.3 Å². The van der Waals surface area contributed by atoms with Crippen LogP contribution in [0.1, 0.15) is 31.3 Å². The van der Waals surface area contributed by atoms with Gasteiger partial charge in [-0.05, 0) is 20.0 Å². The zero-order valence-corrected chi connectivity index (χ0v) is 13.5. The summed E-state index contributed by atoms with van der Waals surface area (Å²) in [4.78, 5) is 7.27. The lowest BCUT2D eigenvalue weighted by Gasteiger charge is -2.27.